The molecule has 0 saturated carbocycles. The van der Waals surface area contributed by atoms with E-state index in [1.54, 1.807) is 4.90 Å². The molecule has 0 bridgehead atoms. The number of hydrogen-bond donors (Lipinski definition) is 1. The highest BCUT2D eigenvalue weighted by Crippen LogP contribution is 2.26. The molecule has 2 rings (SSSR count). The van der Waals surface area contributed by atoms with Crippen LogP contribution >= 0.6 is 0 Å². The van der Waals surface area contributed by atoms with Gasteiger partial charge in [0.2, 0.25) is 0 Å². The lowest BCUT2D eigenvalue weighted by atomic mass is 9.90. The Hall–Kier alpha value is -1.35. The molecule has 92 valence electrons. The molecule has 3 heteroatoms. The molecule has 3 nitrogen and oxygen atoms in total. The summed E-state index contributed by atoms with van der Waals surface area (Å²) in [5, 5.41) is 9.92. The summed E-state index contributed by atoms with van der Waals surface area (Å²) in [4.78, 5) is 13.9. The van der Waals surface area contributed by atoms with E-state index in [2.05, 4.69) is 0 Å². The molecule has 0 atom stereocenters. The Balaban J connectivity index is 2.12. The molecular weight excluding hydrogens is 214 g/mol. The Morgan fingerprint density at radius 2 is 2.00 bits per heavy atom. The summed E-state index contributed by atoms with van der Waals surface area (Å²) >= 11 is 0. The standard InChI is InChI=1S/C14H19NO2/c1-3-11-7-5-6-8-12(11)13(16)15-9-14(17,4-2)10-15/h5-8,17H,3-4,9-10H2,1-2H3. The third-order valence-electron chi connectivity index (χ3n) is 3.54. The van der Waals surface area contributed by atoms with Gasteiger partial charge in [-0.2, -0.15) is 0 Å². The molecule has 1 aliphatic heterocycles. The zero-order chi connectivity index (χ0) is 12.5. The van der Waals surface area contributed by atoms with E-state index >= 15 is 0 Å². The number of hydrogen-bond acceptors (Lipinski definition) is 2. The average Bonchev–Trinajstić information content (AvgIpc) is 2.34. The summed E-state index contributed by atoms with van der Waals surface area (Å²) in [6, 6.07) is 7.69. The van der Waals surface area contributed by atoms with Gasteiger partial charge in [0.05, 0.1) is 18.7 Å². The van der Waals surface area contributed by atoms with Gasteiger partial charge >= 0.3 is 0 Å². The van der Waals surface area contributed by atoms with Gasteiger partial charge in [-0.05, 0) is 24.5 Å². The Bertz CT molecular complexity index is 422. The minimum atomic E-state index is -0.656. The molecule has 0 aliphatic carbocycles. The minimum Gasteiger partial charge on any atom is -0.386 e. The van der Waals surface area contributed by atoms with Crippen LogP contribution in [0.1, 0.15) is 36.2 Å². The Kier molecular flexibility index (Phi) is 3.20. The zero-order valence-corrected chi connectivity index (χ0v) is 10.4. The molecule has 0 aromatic heterocycles. The van der Waals surface area contributed by atoms with Crippen molar-refractivity contribution in [1.29, 1.82) is 0 Å². The monoisotopic (exact) mass is 233 g/mol. The fraction of sp³-hybridized carbons (Fsp3) is 0.500. The molecule has 1 fully saturated rings. The zero-order valence-electron chi connectivity index (χ0n) is 10.4. The third-order valence-corrected chi connectivity index (χ3v) is 3.54. The molecule has 1 aromatic rings. The van der Waals surface area contributed by atoms with Crippen LogP contribution in [-0.2, 0) is 6.42 Å². The largest absolute Gasteiger partial charge is 0.386 e. The molecular formula is C14H19NO2. The van der Waals surface area contributed by atoms with Crippen LogP contribution in [0.5, 0.6) is 0 Å². The van der Waals surface area contributed by atoms with E-state index in [-0.39, 0.29) is 5.91 Å². The van der Waals surface area contributed by atoms with Gasteiger partial charge in [0.25, 0.3) is 5.91 Å². The maximum Gasteiger partial charge on any atom is 0.254 e. The number of β-amino-alcohol motifs (C(OH)–C–C–N with tert-alkyl or cyclic N) is 1. The number of likely N-dealkylation sites (tertiary alicyclic amines) is 1. The number of carbonyl (C=O) groups excluding carboxylic acids is 1. The van der Waals surface area contributed by atoms with Gasteiger partial charge in [-0.15, -0.1) is 0 Å². The summed E-state index contributed by atoms with van der Waals surface area (Å²) in [6.07, 6.45) is 1.56. The summed E-state index contributed by atoms with van der Waals surface area (Å²) < 4.78 is 0. The van der Waals surface area contributed by atoms with Crippen molar-refractivity contribution in [2.24, 2.45) is 0 Å². The fourth-order valence-corrected chi connectivity index (χ4v) is 2.24. The molecule has 1 saturated heterocycles. The first-order valence-electron chi connectivity index (χ1n) is 6.19. The SMILES string of the molecule is CCc1ccccc1C(=O)N1CC(O)(CC)C1. The van der Waals surface area contributed by atoms with Crippen LogP contribution in [0, 0.1) is 0 Å². The highest BCUT2D eigenvalue weighted by Gasteiger charge is 2.42. The molecule has 1 heterocycles. The summed E-state index contributed by atoms with van der Waals surface area (Å²) in [5.74, 6) is 0.0422. The van der Waals surface area contributed by atoms with Gasteiger partial charge in [-0.25, -0.2) is 0 Å². The number of rotatable bonds is 3. The van der Waals surface area contributed by atoms with Crippen LogP contribution in [-0.4, -0.2) is 34.6 Å². The number of benzene rings is 1. The van der Waals surface area contributed by atoms with Gasteiger partial charge in [0.1, 0.15) is 0 Å². The molecule has 1 aromatic carbocycles. The van der Waals surface area contributed by atoms with Crippen molar-refractivity contribution >= 4 is 5.91 Å². The molecule has 1 amide bonds. The summed E-state index contributed by atoms with van der Waals surface area (Å²) in [7, 11) is 0. The first-order valence-corrected chi connectivity index (χ1v) is 6.19. The number of carbonyl (C=O) groups is 1. The van der Waals surface area contributed by atoms with Gasteiger partial charge in [-0.1, -0.05) is 32.0 Å². The average molecular weight is 233 g/mol. The van der Waals surface area contributed by atoms with E-state index < -0.39 is 5.60 Å². The highest BCUT2D eigenvalue weighted by molar-refractivity contribution is 5.96. The van der Waals surface area contributed by atoms with E-state index in [1.165, 1.54) is 0 Å². The number of amides is 1. The lowest BCUT2D eigenvalue weighted by molar-refractivity contribution is -0.0826. The van der Waals surface area contributed by atoms with Crippen molar-refractivity contribution in [2.75, 3.05) is 13.1 Å². The maximum atomic E-state index is 12.2. The highest BCUT2D eigenvalue weighted by atomic mass is 16.3. The lowest BCUT2D eigenvalue weighted by Crippen LogP contribution is -2.63. The van der Waals surface area contributed by atoms with Crippen LogP contribution in [0.2, 0.25) is 0 Å². The van der Waals surface area contributed by atoms with E-state index in [0.717, 1.165) is 17.5 Å². The Morgan fingerprint density at radius 3 is 2.59 bits per heavy atom. The van der Waals surface area contributed by atoms with Crippen LogP contribution in [0.25, 0.3) is 0 Å². The van der Waals surface area contributed by atoms with Gasteiger partial charge < -0.3 is 10.0 Å². The van der Waals surface area contributed by atoms with Crippen molar-refractivity contribution in [3.05, 3.63) is 35.4 Å². The predicted octanol–water partition coefficient (Wildman–Crippen LogP) is 1.85. The van der Waals surface area contributed by atoms with E-state index in [1.807, 2.05) is 38.1 Å². The molecule has 17 heavy (non-hydrogen) atoms. The summed E-state index contributed by atoms with van der Waals surface area (Å²) in [6.45, 7) is 4.91. The predicted molar refractivity (Wildman–Crippen MR) is 67.0 cm³/mol. The smallest absolute Gasteiger partial charge is 0.254 e. The Morgan fingerprint density at radius 1 is 1.35 bits per heavy atom. The van der Waals surface area contributed by atoms with Crippen molar-refractivity contribution in [2.45, 2.75) is 32.3 Å². The number of aryl methyl sites for hydroxylation is 1. The van der Waals surface area contributed by atoms with Crippen LogP contribution in [0.4, 0.5) is 0 Å². The van der Waals surface area contributed by atoms with Gasteiger partial charge in [0, 0.05) is 5.56 Å². The topological polar surface area (TPSA) is 40.5 Å². The van der Waals surface area contributed by atoms with Gasteiger partial charge in [0.15, 0.2) is 0 Å². The van der Waals surface area contributed by atoms with Crippen molar-refractivity contribution < 1.29 is 9.90 Å². The van der Waals surface area contributed by atoms with Crippen molar-refractivity contribution in [1.82, 2.24) is 4.90 Å². The molecule has 0 spiro atoms. The molecule has 1 aliphatic rings. The maximum absolute atomic E-state index is 12.2. The van der Waals surface area contributed by atoms with Crippen molar-refractivity contribution in [3.63, 3.8) is 0 Å². The van der Waals surface area contributed by atoms with E-state index in [4.69, 9.17) is 0 Å². The quantitative estimate of drug-likeness (QED) is 0.865. The second-order valence-electron chi connectivity index (χ2n) is 4.75. The normalized spacial score (nSPS) is 17.7. The van der Waals surface area contributed by atoms with E-state index in [9.17, 15) is 9.90 Å². The summed E-state index contributed by atoms with van der Waals surface area (Å²) in [5.41, 5.74) is 1.19. The first kappa shape index (κ1) is 12.1. The van der Waals surface area contributed by atoms with Crippen LogP contribution < -0.4 is 0 Å². The second-order valence-corrected chi connectivity index (χ2v) is 4.75. The molecule has 0 unspecified atom stereocenters. The minimum absolute atomic E-state index is 0.0422. The Labute approximate surface area is 102 Å². The fourth-order valence-electron chi connectivity index (χ4n) is 2.24. The number of aliphatic hydroxyl groups is 1. The van der Waals surface area contributed by atoms with Crippen molar-refractivity contribution in [3.8, 4) is 0 Å². The van der Waals surface area contributed by atoms with Crippen LogP contribution in [0.3, 0.4) is 0 Å². The number of nitrogens with zero attached hydrogens (tertiary/aromatic N) is 1. The molecule has 0 radical (unpaired) electrons. The molecule has 1 N–H and O–H groups in total. The van der Waals surface area contributed by atoms with Crippen LogP contribution in [0.15, 0.2) is 24.3 Å². The van der Waals surface area contributed by atoms with Gasteiger partial charge in [-0.3, -0.25) is 4.79 Å². The van der Waals surface area contributed by atoms with E-state index in [0.29, 0.717) is 19.5 Å². The third kappa shape index (κ3) is 2.20. The lowest BCUT2D eigenvalue weighted by Gasteiger charge is -2.46. The second kappa shape index (κ2) is 4.49. The first-order chi connectivity index (χ1) is 8.09.